The fourth-order valence-corrected chi connectivity index (χ4v) is 3.21. The molecular formula is C15H20N2O2S2. The minimum Gasteiger partial charge on any atom is -0.497 e. The van der Waals surface area contributed by atoms with Crippen LogP contribution in [0, 0.1) is 0 Å². The molecule has 6 heteroatoms. The quantitative estimate of drug-likeness (QED) is 0.623. The van der Waals surface area contributed by atoms with Crippen LogP contribution in [0.15, 0.2) is 24.3 Å². The normalized spacial score (nSPS) is 15.8. The second-order valence-electron chi connectivity index (χ2n) is 5.00. The van der Waals surface area contributed by atoms with Crippen molar-refractivity contribution >= 4 is 34.1 Å². The Balaban J connectivity index is 1.81. The van der Waals surface area contributed by atoms with E-state index in [1.807, 2.05) is 0 Å². The molecule has 1 heterocycles. The summed E-state index contributed by atoms with van der Waals surface area (Å²) in [5, 5.41) is 0. The van der Waals surface area contributed by atoms with Gasteiger partial charge < -0.3 is 14.5 Å². The van der Waals surface area contributed by atoms with Gasteiger partial charge in [-0.2, -0.15) is 0 Å². The third kappa shape index (κ3) is 4.69. The largest absolute Gasteiger partial charge is 0.497 e. The number of hydrogen-bond acceptors (Lipinski definition) is 5. The van der Waals surface area contributed by atoms with Gasteiger partial charge in [0.05, 0.1) is 12.9 Å². The first kappa shape index (κ1) is 16.3. The molecule has 0 amide bonds. The third-order valence-corrected chi connectivity index (χ3v) is 5.02. The number of thioether (sulfide) groups is 1. The lowest BCUT2D eigenvalue weighted by Gasteiger charge is -2.33. The van der Waals surface area contributed by atoms with Gasteiger partial charge >= 0.3 is 0 Å². The van der Waals surface area contributed by atoms with Gasteiger partial charge in [0, 0.05) is 31.7 Å². The molecule has 2 rings (SSSR count). The van der Waals surface area contributed by atoms with Crippen molar-refractivity contribution in [3.8, 4) is 5.75 Å². The Labute approximate surface area is 135 Å². The molecule has 0 aromatic heterocycles. The molecular weight excluding hydrogens is 304 g/mol. The van der Waals surface area contributed by atoms with E-state index in [-0.39, 0.29) is 5.78 Å². The smallest absolute Gasteiger partial charge is 0.173 e. The Morgan fingerprint density at radius 3 is 2.43 bits per heavy atom. The number of benzene rings is 1. The third-order valence-electron chi connectivity index (χ3n) is 3.50. The highest BCUT2D eigenvalue weighted by atomic mass is 32.2. The lowest BCUT2D eigenvalue weighted by Crippen LogP contribution is -2.45. The zero-order valence-corrected chi connectivity index (χ0v) is 14.0. The summed E-state index contributed by atoms with van der Waals surface area (Å²) >= 11 is 6.87. The molecule has 0 spiro atoms. The summed E-state index contributed by atoms with van der Waals surface area (Å²) in [5.41, 5.74) is 0.699. The number of rotatable bonds is 4. The number of hydrogen-bond donors (Lipinski definition) is 0. The van der Waals surface area contributed by atoms with Crippen molar-refractivity contribution in [2.45, 2.75) is 0 Å². The van der Waals surface area contributed by atoms with Gasteiger partial charge in [0.25, 0.3) is 0 Å². The monoisotopic (exact) mass is 324 g/mol. The molecule has 114 valence electrons. The van der Waals surface area contributed by atoms with E-state index in [1.54, 1.807) is 31.4 Å². The number of thiocarbonyl (C=S) groups is 1. The second kappa shape index (κ2) is 7.77. The molecule has 0 aliphatic carbocycles. The van der Waals surface area contributed by atoms with Crippen LogP contribution >= 0.6 is 24.0 Å². The molecule has 1 aromatic carbocycles. The average molecular weight is 324 g/mol. The van der Waals surface area contributed by atoms with Crippen molar-refractivity contribution in [1.29, 1.82) is 0 Å². The van der Waals surface area contributed by atoms with Crippen molar-refractivity contribution in [1.82, 2.24) is 9.80 Å². The zero-order chi connectivity index (χ0) is 15.2. The zero-order valence-electron chi connectivity index (χ0n) is 12.4. The SMILES string of the molecule is COc1ccc(C(=O)CSC(=S)N2CCN(C)CC2)cc1. The van der Waals surface area contributed by atoms with Gasteiger partial charge in [-0.05, 0) is 31.3 Å². The van der Waals surface area contributed by atoms with Crippen molar-refractivity contribution < 1.29 is 9.53 Å². The first-order chi connectivity index (χ1) is 10.1. The molecule has 0 saturated carbocycles. The van der Waals surface area contributed by atoms with Gasteiger partial charge in [-0.1, -0.05) is 24.0 Å². The predicted molar refractivity (Wildman–Crippen MR) is 91.5 cm³/mol. The van der Waals surface area contributed by atoms with Crippen LogP contribution in [0.25, 0.3) is 0 Å². The highest BCUT2D eigenvalue weighted by Gasteiger charge is 2.17. The van der Waals surface area contributed by atoms with E-state index in [2.05, 4.69) is 16.8 Å². The van der Waals surface area contributed by atoms with Gasteiger partial charge in [-0.15, -0.1) is 0 Å². The maximum atomic E-state index is 12.1. The number of nitrogens with zero attached hydrogens (tertiary/aromatic N) is 2. The number of Topliss-reactive ketones (excluding diaryl/α,β-unsaturated/α-hetero) is 1. The molecule has 0 bridgehead atoms. The van der Waals surface area contributed by atoms with E-state index in [1.165, 1.54) is 11.8 Å². The van der Waals surface area contributed by atoms with Crippen LogP contribution < -0.4 is 4.74 Å². The molecule has 0 unspecified atom stereocenters. The van der Waals surface area contributed by atoms with Crippen molar-refractivity contribution in [2.24, 2.45) is 0 Å². The number of carbonyl (C=O) groups excluding carboxylic acids is 1. The van der Waals surface area contributed by atoms with Crippen molar-refractivity contribution in [3.63, 3.8) is 0 Å². The van der Waals surface area contributed by atoms with Crippen molar-refractivity contribution in [2.75, 3.05) is 46.1 Å². The van der Waals surface area contributed by atoms with Gasteiger partial charge in [0.1, 0.15) is 10.1 Å². The van der Waals surface area contributed by atoms with Crippen LogP contribution in [0.2, 0.25) is 0 Å². The van der Waals surface area contributed by atoms with Gasteiger partial charge in [-0.25, -0.2) is 0 Å². The molecule has 4 nitrogen and oxygen atoms in total. The Hall–Kier alpha value is -1.11. The molecule has 1 aliphatic rings. The molecule has 0 N–H and O–H groups in total. The summed E-state index contributed by atoms with van der Waals surface area (Å²) < 4.78 is 5.91. The summed E-state index contributed by atoms with van der Waals surface area (Å²) in [6.07, 6.45) is 0. The van der Waals surface area contributed by atoms with Gasteiger partial charge in [0.15, 0.2) is 5.78 Å². The fourth-order valence-electron chi connectivity index (χ4n) is 2.07. The Bertz CT molecular complexity index is 497. The fraction of sp³-hybridized carbons (Fsp3) is 0.467. The Morgan fingerprint density at radius 1 is 1.24 bits per heavy atom. The van der Waals surface area contributed by atoms with E-state index < -0.39 is 0 Å². The predicted octanol–water partition coefficient (Wildman–Crippen LogP) is 2.14. The summed E-state index contributed by atoms with van der Waals surface area (Å²) in [4.78, 5) is 16.6. The summed E-state index contributed by atoms with van der Waals surface area (Å²) in [5.74, 6) is 1.24. The number of ether oxygens (including phenoxy) is 1. The standard InChI is InChI=1S/C15H20N2O2S2/c1-16-7-9-17(10-8-16)15(20)21-11-14(18)12-3-5-13(19-2)6-4-12/h3-6H,7-11H2,1-2H3. The summed E-state index contributed by atoms with van der Waals surface area (Å²) in [7, 11) is 3.72. The second-order valence-corrected chi connectivity index (χ2v) is 6.61. The Kier molecular flexibility index (Phi) is 6.02. The van der Waals surface area contributed by atoms with E-state index in [0.29, 0.717) is 11.3 Å². The maximum Gasteiger partial charge on any atom is 0.173 e. The van der Waals surface area contributed by atoms with Crippen LogP contribution in [0.4, 0.5) is 0 Å². The molecule has 0 radical (unpaired) electrons. The summed E-state index contributed by atoms with van der Waals surface area (Å²) in [6, 6.07) is 7.19. The van der Waals surface area contributed by atoms with Crippen LogP contribution in [-0.2, 0) is 0 Å². The highest BCUT2D eigenvalue weighted by molar-refractivity contribution is 8.23. The number of carbonyl (C=O) groups is 1. The molecule has 1 saturated heterocycles. The van der Waals surface area contributed by atoms with E-state index in [4.69, 9.17) is 17.0 Å². The maximum absolute atomic E-state index is 12.1. The number of methoxy groups -OCH3 is 1. The molecule has 21 heavy (non-hydrogen) atoms. The average Bonchev–Trinajstić information content (AvgIpc) is 2.53. The topological polar surface area (TPSA) is 32.8 Å². The molecule has 1 aliphatic heterocycles. The van der Waals surface area contributed by atoms with Gasteiger partial charge in [-0.3, -0.25) is 4.79 Å². The van der Waals surface area contributed by atoms with E-state index >= 15 is 0 Å². The highest BCUT2D eigenvalue weighted by Crippen LogP contribution is 2.16. The molecule has 0 atom stereocenters. The van der Waals surface area contributed by atoms with E-state index in [9.17, 15) is 4.79 Å². The first-order valence-electron chi connectivity index (χ1n) is 6.87. The van der Waals surface area contributed by atoms with Crippen LogP contribution in [0.3, 0.4) is 0 Å². The lowest BCUT2D eigenvalue weighted by atomic mass is 10.1. The Morgan fingerprint density at radius 2 is 1.86 bits per heavy atom. The van der Waals surface area contributed by atoms with Crippen LogP contribution in [0.5, 0.6) is 5.75 Å². The van der Waals surface area contributed by atoms with E-state index in [0.717, 1.165) is 36.2 Å². The number of piperazine rings is 1. The minimum absolute atomic E-state index is 0.0964. The molecule has 1 aromatic rings. The minimum atomic E-state index is 0.0964. The van der Waals surface area contributed by atoms with Crippen LogP contribution in [-0.4, -0.2) is 66.0 Å². The van der Waals surface area contributed by atoms with Crippen molar-refractivity contribution in [3.05, 3.63) is 29.8 Å². The number of likely N-dealkylation sites (N-methyl/N-ethyl adjacent to an activating group) is 1. The molecule has 1 fully saturated rings. The summed E-state index contributed by atoms with van der Waals surface area (Å²) in [6.45, 7) is 3.93. The van der Waals surface area contributed by atoms with Gasteiger partial charge in [0.2, 0.25) is 0 Å². The lowest BCUT2D eigenvalue weighted by molar-refractivity contribution is 0.102. The van der Waals surface area contributed by atoms with Crippen LogP contribution in [0.1, 0.15) is 10.4 Å². The number of ketones is 1. The first-order valence-corrected chi connectivity index (χ1v) is 8.27.